The maximum Gasteiger partial charge on any atom is 0.163 e. The lowest BCUT2D eigenvalue weighted by molar-refractivity contribution is -0.304. The summed E-state index contributed by atoms with van der Waals surface area (Å²) in [7, 11) is 0. The molecule has 0 aromatic carbocycles. The lowest BCUT2D eigenvalue weighted by Crippen LogP contribution is -2.55. The van der Waals surface area contributed by atoms with Crippen LogP contribution in [0.3, 0.4) is 0 Å². The van der Waals surface area contributed by atoms with Crippen molar-refractivity contribution in [3.05, 3.63) is 0 Å². The van der Waals surface area contributed by atoms with Gasteiger partial charge in [-0.3, -0.25) is 0 Å². The van der Waals surface area contributed by atoms with E-state index in [-0.39, 0.29) is 32.0 Å². The highest BCUT2D eigenvalue weighted by atomic mass is 16.7. The minimum Gasteiger partial charge on any atom is -0.394 e. The molecule has 0 bridgehead atoms. The summed E-state index contributed by atoms with van der Waals surface area (Å²) >= 11 is 0. The zero-order chi connectivity index (χ0) is 10.4. The molecule has 2 aliphatic heterocycles. The molecule has 0 spiro atoms. The largest absolute Gasteiger partial charge is 0.394 e. The quantitative estimate of drug-likeness (QED) is 0.580. The highest BCUT2D eigenvalue weighted by molar-refractivity contribution is 5.03. The van der Waals surface area contributed by atoms with E-state index in [0.717, 1.165) is 0 Å². The van der Waals surface area contributed by atoms with Crippen LogP contribution < -0.4 is 0 Å². The van der Waals surface area contributed by atoms with Crippen molar-refractivity contribution in [3.8, 4) is 0 Å². The van der Waals surface area contributed by atoms with Crippen LogP contribution in [0, 0.1) is 0 Å². The third-order valence-corrected chi connectivity index (χ3v) is 2.63. The molecule has 0 aliphatic carbocycles. The molecule has 5 nitrogen and oxygen atoms in total. The molecule has 0 amide bonds. The van der Waals surface area contributed by atoms with Gasteiger partial charge in [0, 0.05) is 0 Å². The Kier molecular flexibility index (Phi) is 2.32. The molecule has 82 valence electrons. The number of epoxide rings is 1. The Morgan fingerprint density at radius 2 is 1.86 bits per heavy atom. The monoisotopic (exact) mass is 204 g/mol. The number of aliphatic hydroxyl groups excluding tert-OH is 1. The van der Waals surface area contributed by atoms with Crippen LogP contribution in [0.4, 0.5) is 0 Å². The Hall–Kier alpha value is -0.200. The van der Waals surface area contributed by atoms with Crippen molar-refractivity contribution in [2.75, 3.05) is 19.8 Å². The van der Waals surface area contributed by atoms with Crippen molar-refractivity contribution < 1.29 is 24.4 Å². The number of rotatable bonds is 2. The topological polar surface area (TPSA) is 71.5 Å². The first-order chi connectivity index (χ1) is 6.47. The van der Waals surface area contributed by atoms with Crippen LogP contribution in [-0.4, -0.2) is 53.6 Å². The van der Waals surface area contributed by atoms with Crippen LogP contribution in [0.1, 0.15) is 13.8 Å². The van der Waals surface area contributed by atoms with Crippen molar-refractivity contribution in [3.63, 3.8) is 0 Å². The van der Waals surface area contributed by atoms with E-state index < -0.39 is 11.4 Å². The molecule has 2 heterocycles. The van der Waals surface area contributed by atoms with Gasteiger partial charge < -0.3 is 24.4 Å². The number of ether oxygens (including phenoxy) is 3. The van der Waals surface area contributed by atoms with Gasteiger partial charge in [-0.15, -0.1) is 0 Å². The number of aliphatic hydroxyl groups is 2. The fourth-order valence-electron chi connectivity index (χ4n) is 1.60. The first-order valence-corrected chi connectivity index (χ1v) is 4.73. The van der Waals surface area contributed by atoms with Crippen LogP contribution >= 0.6 is 0 Å². The summed E-state index contributed by atoms with van der Waals surface area (Å²) in [5, 5.41) is 18.9. The van der Waals surface area contributed by atoms with Crippen molar-refractivity contribution in [1.82, 2.24) is 0 Å². The van der Waals surface area contributed by atoms with E-state index in [1.54, 1.807) is 13.8 Å². The highest BCUT2D eigenvalue weighted by Gasteiger charge is 2.56. The van der Waals surface area contributed by atoms with Crippen molar-refractivity contribution in [2.45, 2.75) is 37.4 Å². The van der Waals surface area contributed by atoms with E-state index in [0.29, 0.717) is 0 Å². The summed E-state index contributed by atoms with van der Waals surface area (Å²) in [5.41, 5.74) is -1.11. The van der Waals surface area contributed by atoms with Gasteiger partial charge >= 0.3 is 0 Å². The molecule has 0 radical (unpaired) electrons. The smallest absolute Gasteiger partial charge is 0.163 e. The first-order valence-electron chi connectivity index (χ1n) is 4.73. The van der Waals surface area contributed by atoms with Gasteiger partial charge in [-0.25, -0.2) is 0 Å². The lowest BCUT2D eigenvalue weighted by atomic mass is 9.98. The molecule has 2 rings (SSSR count). The molecule has 2 fully saturated rings. The minimum absolute atomic E-state index is 0.0730. The molecule has 0 unspecified atom stereocenters. The lowest BCUT2D eigenvalue weighted by Gasteiger charge is -2.39. The minimum atomic E-state index is -1.11. The van der Waals surface area contributed by atoms with Gasteiger partial charge in [0.15, 0.2) is 5.79 Å². The summed E-state index contributed by atoms with van der Waals surface area (Å²) in [6.07, 6.45) is -0.628. The average Bonchev–Trinajstić information content (AvgIpc) is 2.90. The SMILES string of the molecule is CC1(C)OCC(O)([C@@H]2O[C@@H]2CO)CO1. The second-order valence-corrected chi connectivity index (χ2v) is 4.36. The van der Waals surface area contributed by atoms with E-state index in [9.17, 15) is 5.11 Å². The Morgan fingerprint density at radius 3 is 2.29 bits per heavy atom. The third kappa shape index (κ3) is 1.78. The molecule has 2 N–H and O–H groups in total. The Morgan fingerprint density at radius 1 is 1.29 bits per heavy atom. The van der Waals surface area contributed by atoms with Gasteiger partial charge in [-0.2, -0.15) is 0 Å². The zero-order valence-electron chi connectivity index (χ0n) is 8.40. The third-order valence-electron chi connectivity index (χ3n) is 2.63. The molecule has 5 heteroatoms. The van der Waals surface area contributed by atoms with Crippen LogP contribution in [0.5, 0.6) is 0 Å². The van der Waals surface area contributed by atoms with Crippen molar-refractivity contribution >= 4 is 0 Å². The van der Waals surface area contributed by atoms with Crippen LogP contribution in [0.2, 0.25) is 0 Å². The molecule has 14 heavy (non-hydrogen) atoms. The molecule has 2 saturated heterocycles. The predicted octanol–water partition coefficient (Wildman–Crippen LogP) is -0.740. The Balaban J connectivity index is 1.93. The van der Waals surface area contributed by atoms with Gasteiger partial charge in [0.05, 0.1) is 19.8 Å². The molecular weight excluding hydrogens is 188 g/mol. The summed E-state index contributed by atoms with van der Waals surface area (Å²) in [6.45, 7) is 3.88. The van der Waals surface area contributed by atoms with E-state index >= 15 is 0 Å². The highest BCUT2D eigenvalue weighted by Crippen LogP contribution is 2.36. The summed E-state index contributed by atoms with van der Waals surface area (Å²) in [6, 6.07) is 0. The van der Waals surface area contributed by atoms with E-state index in [2.05, 4.69) is 0 Å². The van der Waals surface area contributed by atoms with Crippen LogP contribution in [-0.2, 0) is 14.2 Å². The van der Waals surface area contributed by atoms with Crippen molar-refractivity contribution in [1.29, 1.82) is 0 Å². The fourth-order valence-corrected chi connectivity index (χ4v) is 1.60. The van der Waals surface area contributed by atoms with E-state index in [4.69, 9.17) is 19.3 Å². The molecule has 0 aromatic heterocycles. The fraction of sp³-hybridized carbons (Fsp3) is 1.00. The second kappa shape index (κ2) is 3.15. The zero-order valence-corrected chi connectivity index (χ0v) is 8.40. The molecular formula is C9H16O5. The molecule has 2 aliphatic rings. The summed E-state index contributed by atoms with van der Waals surface area (Å²) in [4.78, 5) is 0. The van der Waals surface area contributed by atoms with E-state index in [1.165, 1.54) is 0 Å². The van der Waals surface area contributed by atoms with Crippen LogP contribution in [0.25, 0.3) is 0 Å². The average molecular weight is 204 g/mol. The van der Waals surface area contributed by atoms with Gasteiger partial charge in [-0.05, 0) is 13.8 Å². The second-order valence-electron chi connectivity index (χ2n) is 4.36. The first kappa shape index (κ1) is 10.3. The molecule has 0 saturated carbocycles. The number of hydrogen-bond donors (Lipinski definition) is 2. The van der Waals surface area contributed by atoms with E-state index in [1.807, 2.05) is 0 Å². The standard InChI is InChI=1S/C9H16O5/c1-8(2)12-4-9(11,5-13-8)7-6(3-10)14-7/h6-7,10-11H,3-5H2,1-2H3/t6-,7-/m1/s1. The predicted molar refractivity (Wildman–Crippen MR) is 46.7 cm³/mol. The Bertz CT molecular complexity index is 217. The Labute approximate surface area is 82.6 Å². The van der Waals surface area contributed by atoms with Crippen molar-refractivity contribution in [2.24, 2.45) is 0 Å². The van der Waals surface area contributed by atoms with Gasteiger partial charge in [0.1, 0.15) is 17.8 Å². The normalized spacial score (nSPS) is 39.4. The maximum atomic E-state index is 10.1. The van der Waals surface area contributed by atoms with Gasteiger partial charge in [0.25, 0.3) is 0 Å². The number of hydrogen-bond acceptors (Lipinski definition) is 5. The maximum absolute atomic E-state index is 10.1. The van der Waals surface area contributed by atoms with Gasteiger partial charge in [-0.1, -0.05) is 0 Å². The summed E-state index contributed by atoms with van der Waals surface area (Å²) < 4.78 is 15.8. The molecule has 2 atom stereocenters. The van der Waals surface area contributed by atoms with Gasteiger partial charge in [0.2, 0.25) is 0 Å². The summed E-state index contributed by atoms with van der Waals surface area (Å²) in [5.74, 6) is -0.643. The van der Waals surface area contributed by atoms with Crippen LogP contribution in [0.15, 0.2) is 0 Å². The molecule has 0 aromatic rings.